The number of halogens is 1. The maximum absolute atomic E-state index is 12.6. The molecule has 134 valence electrons. The number of carbonyl (C=O) groups is 1. The first-order valence-electron chi connectivity index (χ1n) is 8.13. The molecule has 0 unspecified atom stereocenters. The van der Waals surface area contributed by atoms with Crippen LogP contribution in [0.1, 0.15) is 22.2 Å². The van der Waals surface area contributed by atoms with Crippen molar-refractivity contribution in [1.29, 1.82) is 0 Å². The zero-order valence-electron chi connectivity index (χ0n) is 14.2. The molecule has 3 aromatic rings. The summed E-state index contributed by atoms with van der Waals surface area (Å²) in [4.78, 5) is 17.7. The molecule has 0 aliphatic carbocycles. The Morgan fingerprint density at radius 3 is 2.65 bits per heavy atom. The van der Waals surface area contributed by atoms with Crippen LogP contribution in [-0.4, -0.2) is 17.5 Å². The molecule has 2 aromatic carbocycles. The van der Waals surface area contributed by atoms with Crippen molar-refractivity contribution in [3.8, 4) is 5.75 Å². The Hall–Kier alpha value is -2.57. The van der Waals surface area contributed by atoms with Gasteiger partial charge in [-0.3, -0.25) is 4.79 Å². The lowest BCUT2D eigenvalue weighted by atomic mass is 10.1. The Kier molecular flexibility index (Phi) is 6.09. The number of hydrogen-bond donors (Lipinski definition) is 2. The van der Waals surface area contributed by atoms with Gasteiger partial charge in [0.1, 0.15) is 5.75 Å². The summed E-state index contributed by atoms with van der Waals surface area (Å²) in [5.74, 6) is 0.593. The minimum Gasteiger partial charge on any atom is -0.494 e. The molecule has 7 heteroatoms. The average molecular weight is 388 g/mol. The summed E-state index contributed by atoms with van der Waals surface area (Å²) in [6.07, 6.45) is 1.72. The fourth-order valence-electron chi connectivity index (χ4n) is 2.38. The van der Waals surface area contributed by atoms with E-state index in [2.05, 4.69) is 15.6 Å². The summed E-state index contributed by atoms with van der Waals surface area (Å²) >= 11 is 7.26. The first kappa shape index (κ1) is 18.2. The number of thiazole rings is 1. The van der Waals surface area contributed by atoms with E-state index in [4.69, 9.17) is 16.3 Å². The van der Waals surface area contributed by atoms with Crippen LogP contribution in [0.3, 0.4) is 0 Å². The van der Waals surface area contributed by atoms with Crippen molar-refractivity contribution in [2.75, 3.05) is 17.2 Å². The van der Waals surface area contributed by atoms with Crippen molar-refractivity contribution in [2.24, 2.45) is 0 Å². The Morgan fingerprint density at radius 2 is 1.96 bits per heavy atom. The minimum absolute atomic E-state index is 0.181. The van der Waals surface area contributed by atoms with Crippen LogP contribution in [0.4, 0.5) is 11.4 Å². The van der Waals surface area contributed by atoms with Crippen molar-refractivity contribution in [3.63, 3.8) is 0 Å². The molecule has 0 fully saturated rings. The number of carbonyl (C=O) groups excluding carboxylic acids is 1. The van der Waals surface area contributed by atoms with Crippen molar-refractivity contribution in [2.45, 2.75) is 13.5 Å². The van der Waals surface area contributed by atoms with Gasteiger partial charge in [0, 0.05) is 22.4 Å². The number of rotatable bonds is 7. The molecular weight excluding hydrogens is 370 g/mol. The van der Waals surface area contributed by atoms with Crippen molar-refractivity contribution < 1.29 is 9.53 Å². The summed E-state index contributed by atoms with van der Waals surface area (Å²) in [7, 11) is 0. The predicted molar refractivity (Wildman–Crippen MR) is 106 cm³/mol. The number of para-hydroxylation sites is 1. The lowest BCUT2D eigenvalue weighted by Crippen LogP contribution is -2.14. The molecule has 1 aromatic heterocycles. The van der Waals surface area contributed by atoms with E-state index in [9.17, 15) is 4.79 Å². The van der Waals surface area contributed by atoms with E-state index in [0.717, 1.165) is 16.3 Å². The zero-order valence-corrected chi connectivity index (χ0v) is 15.7. The molecular formula is C19H18ClN3O2S. The van der Waals surface area contributed by atoms with E-state index < -0.39 is 0 Å². The molecule has 0 radical (unpaired) electrons. The summed E-state index contributed by atoms with van der Waals surface area (Å²) in [5, 5.41) is 6.17. The molecule has 3 rings (SSSR count). The Balaban J connectivity index is 1.68. The number of anilines is 2. The summed E-state index contributed by atoms with van der Waals surface area (Å²) in [6, 6.07) is 14.7. The van der Waals surface area contributed by atoms with Gasteiger partial charge in [0.05, 0.1) is 18.7 Å². The van der Waals surface area contributed by atoms with Gasteiger partial charge in [-0.25, -0.2) is 4.98 Å². The maximum Gasteiger partial charge on any atom is 0.257 e. The monoisotopic (exact) mass is 387 g/mol. The van der Waals surface area contributed by atoms with Crippen LogP contribution in [0.2, 0.25) is 4.47 Å². The van der Waals surface area contributed by atoms with Gasteiger partial charge in [-0.05, 0) is 43.3 Å². The van der Waals surface area contributed by atoms with E-state index in [1.165, 1.54) is 11.3 Å². The van der Waals surface area contributed by atoms with Gasteiger partial charge in [-0.15, -0.1) is 11.3 Å². The number of nitrogens with zero attached hydrogens (tertiary/aromatic N) is 1. The van der Waals surface area contributed by atoms with Crippen LogP contribution in [0, 0.1) is 0 Å². The number of ether oxygens (including phenoxy) is 1. The van der Waals surface area contributed by atoms with E-state index in [0.29, 0.717) is 28.9 Å². The number of aromatic nitrogens is 1. The molecule has 1 amide bonds. The van der Waals surface area contributed by atoms with Gasteiger partial charge in [0.15, 0.2) is 4.47 Å². The first-order valence-corrected chi connectivity index (χ1v) is 9.32. The Labute approximate surface area is 161 Å². The third kappa shape index (κ3) is 4.74. The molecule has 0 bridgehead atoms. The van der Waals surface area contributed by atoms with Crippen LogP contribution in [0.5, 0.6) is 5.75 Å². The number of hydrogen-bond acceptors (Lipinski definition) is 5. The van der Waals surface area contributed by atoms with E-state index in [1.807, 2.05) is 49.4 Å². The van der Waals surface area contributed by atoms with Gasteiger partial charge in [-0.1, -0.05) is 23.7 Å². The SMILES string of the molecule is CCOc1ccc(NC(=O)c2ccccc2NCc2cnc(Cl)s2)cc1. The highest BCUT2D eigenvalue weighted by atomic mass is 35.5. The molecule has 0 saturated heterocycles. The van der Waals surface area contributed by atoms with E-state index in [1.54, 1.807) is 12.3 Å². The highest BCUT2D eigenvalue weighted by molar-refractivity contribution is 7.15. The van der Waals surface area contributed by atoms with Crippen LogP contribution in [0.25, 0.3) is 0 Å². The van der Waals surface area contributed by atoms with E-state index in [-0.39, 0.29) is 5.91 Å². The van der Waals surface area contributed by atoms with Crippen molar-refractivity contribution in [3.05, 3.63) is 69.6 Å². The predicted octanol–water partition coefficient (Wildman–Crippen LogP) is 5.06. The number of nitrogens with one attached hydrogen (secondary N) is 2. The summed E-state index contributed by atoms with van der Waals surface area (Å²) in [5.41, 5.74) is 2.03. The smallest absolute Gasteiger partial charge is 0.257 e. The van der Waals surface area contributed by atoms with Crippen LogP contribution in [-0.2, 0) is 6.54 Å². The largest absolute Gasteiger partial charge is 0.494 e. The number of benzene rings is 2. The van der Waals surface area contributed by atoms with Gasteiger partial charge >= 0.3 is 0 Å². The molecule has 0 aliphatic rings. The zero-order chi connectivity index (χ0) is 18.4. The second kappa shape index (κ2) is 8.69. The van der Waals surface area contributed by atoms with Gasteiger partial charge in [0.25, 0.3) is 5.91 Å². The summed E-state index contributed by atoms with van der Waals surface area (Å²) < 4.78 is 5.91. The molecule has 0 spiro atoms. The molecule has 0 aliphatic heterocycles. The van der Waals surface area contributed by atoms with Crippen molar-refractivity contribution in [1.82, 2.24) is 4.98 Å². The van der Waals surface area contributed by atoms with Gasteiger partial charge in [-0.2, -0.15) is 0 Å². The number of amides is 1. The Morgan fingerprint density at radius 1 is 1.19 bits per heavy atom. The van der Waals surface area contributed by atoms with Crippen LogP contribution < -0.4 is 15.4 Å². The van der Waals surface area contributed by atoms with Crippen molar-refractivity contribution >= 4 is 40.2 Å². The summed E-state index contributed by atoms with van der Waals surface area (Å²) in [6.45, 7) is 3.09. The Bertz CT molecular complexity index is 881. The molecule has 0 atom stereocenters. The average Bonchev–Trinajstić information content (AvgIpc) is 3.07. The fourth-order valence-corrected chi connectivity index (χ4v) is 3.30. The van der Waals surface area contributed by atoms with Gasteiger partial charge in [0.2, 0.25) is 0 Å². The molecule has 2 N–H and O–H groups in total. The first-order chi connectivity index (χ1) is 12.7. The highest BCUT2D eigenvalue weighted by Gasteiger charge is 2.11. The lowest BCUT2D eigenvalue weighted by Gasteiger charge is -2.12. The lowest BCUT2D eigenvalue weighted by molar-refractivity contribution is 0.102. The molecule has 0 saturated carbocycles. The molecule has 5 nitrogen and oxygen atoms in total. The second-order valence-electron chi connectivity index (χ2n) is 5.39. The quantitative estimate of drug-likeness (QED) is 0.594. The van der Waals surface area contributed by atoms with Crippen LogP contribution in [0.15, 0.2) is 54.7 Å². The third-order valence-electron chi connectivity index (χ3n) is 3.57. The standard InChI is InChI=1S/C19H18ClN3O2S/c1-2-25-14-9-7-13(8-10-14)23-18(24)16-5-3-4-6-17(16)21-11-15-12-22-19(20)26-15/h3-10,12,21H,2,11H2,1H3,(H,23,24). The minimum atomic E-state index is -0.181. The molecule has 1 heterocycles. The highest BCUT2D eigenvalue weighted by Crippen LogP contribution is 2.22. The second-order valence-corrected chi connectivity index (χ2v) is 7.09. The van der Waals surface area contributed by atoms with Gasteiger partial charge < -0.3 is 15.4 Å². The normalized spacial score (nSPS) is 10.4. The topological polar surface area (TPSA) is 63.2 Å². The third-order valence-corrected chi connectivity index (χ3v) is 4.69. The molecule has 26 heavy (non-hydrogen) atoms. The fraction of sp³-hybridized carbons (Fsp3) is 0.158. The van der Waals surface area contributed by atoms with Crippen LogP contribution >= 0.6 is 22.9 Å². The van der Waals surface area contributed by atoms with E-state index >= 15 is 0 Å². The maximum atomic E-state index is 12.6.